The SMILES string of the molecule is CCCCNC(=O)[C@H](C)C[C@H](O)[C@H](CC1CCCCC1)NC(=O)[C@@H](NC(=O)[C@H](CCCN)NC(=O)CCC(=O)O)C(C)C. The highest BCUT2D eigenvalue weighted by Gasteiger charge is 2.33. The Kier molecular flexibility index (Phi) is 18.7. The Morgan fingerprint density at radius 2 is 1.56 bits per heavy atom. The van der Waals surface area contributed by atoms with Crippen molar-refractivity contribution in [2.45, 2.75) is 135 Å². The highest BCUT2D eigenvalue weighted by Crippen LogP contribution is 2.29. The molecule has 1 aliphatic rings. The fourth-order valence-corrected chi connectivity index (χ4v) is 5.43. The molecule has 12 heteroatoms. The normalized spacial score (nSPS) is 17.3. The summed E-state index contributed by atoms with van der Waals surface area (Å²) in [6.07, 6.45) is 7.10. The lowest BCUT2D eigenvalue weighted by Gasteiger charge is -2.33. The van der Waals surface area contributed by atoms with Crippen molar-refractivity contribution < 1.29 is 34.2 Å². The number of carboxylic acid groups (broad SMARTS) is 1. The number of hydrogen-bond acceptors (Lipinski definition) is 7. The summed E-state index contributed by atoms with van der Waals surface area (Å²) in [6, 6.07) is -2.52. The Bertz CT molecular complexity index is 879. The number of rotatable bonds is 21. The van der Waals surface area contributed by atoms with Gasteiger partial charge in [-0.25, -0.2) is 0 Å². The first-order valence-electron chi connectivity index (χ1n) is 16.2. The van der Waals surface area contributed by atoms with Crippen LogP contribution in [0.25, 0.3) is 0 Å². The second-order valence-corrected chi connectivity index (χ2v) is 12.4. The number of unbranched alkanes of at least 4 members (excludes halogenated alkanes) is 1. The van der Waals surface area contributed by atoms with E-state index in [2.05, 4.69) is 21.3 Å². The zero-order valence-electron chi connectivity index (χ0n) is 26.7. The molecule has 0 spiro atoms. The quantitative estimate of drug-likeness (QED) is 0.0955. The van der Waals surface area contributed by atoms with E-state index in [0.717, 1.165) is 38.5 Å². The lowest BCUT2D eigenvalue weighted by Crippen LogP contribution is -2.58. The lowest BCUT2D eigenvalue weighted by atomic mass is 9.82. The van der Waals surface area contributed by atoms with Crippen LogP contribution < -0.4 is 27.0 Å². The first kappa shape index (κ1) is 38.3. The van der Waals surface area contributed by atoms with Gasteiger partial charge >= 0.3 is 5.97 Å². The van der Waals surface area contributed by atoms with Gasteiger partial charge in [0.25, 0.3) is 0 Å². The molecule has 0 aliphatic heterocycles. The molecule has 0 bridgehead atoms. The summed E-state index contributed by atoms with van der Waals surface area (Å²) in [7, 11) is 0. The molecule has 0 aromatic carbocycles. The van der Waals surface area contributed by atoms with Crippen molar-refractivity contribution in [2.75, 3.05) is 13.1 Å². The zero-order valence-corrected chi connectivity index (χ0v) is 26.7. The van der Waals surface area contributed by atoms with E-state index in [1.165, 1.54) is 6.42 Å². The summed E-state index contributed by atoms with van der Waals surface area (Å²) < 4.78 is 0. The third-order valence-corrected chi connectivity index (χ3v) is 8.14. The van der Waals surface area contributed by atoms with E-state index in [1.807, 2.05) is 6.92 Å². The molecule has 1 rings (SSSR count). The van der Waals surface area contributed by atoms with Crippen LogP contribution in [0.3, 0.4) is 0 Å². The van der Waals surface area contributed by atoms with Gasteiger partial charge in [-0.05, 0) is 50.5 Å². The fourth-order valence-electron chi connectivity index (χ4n) is 5.43. The van der Waals surface area contributed by atoms with Gasteiger partial charge in [0, 0.05) is 18.9 Å². The van der Waals surface area contributed by atoms with Crippen molar-refractivity contribution >= 4 is 29.6 Å². The van der Waals surface area contributed by atoms with E-state index in [1.54, 1.807) is 20.8 Å². The van der Waals surface area contributed by atoms with E-state index in [-0.39, 0.29) is 37.5 Å². The second kappa shape index (κ2) is 21.1. The average Bonchev–Trinajstić information content (AvgIpc) is 2.96. The standard InChI is InChI=1S/C31H57N5O7/c1-5-6-17-33-29(41)21(4)18-25(37)24(19-22-11-8-7-9-12-22)35-31(43)28(20(2)3)36-30(42)23(13-10-16-32)34-26(38)14-15-27(39)40/h20-25,28,37H,5-19,32H2,1-4H3,(H,33,41)(H,34,38)(H,35,43)(H,36,42)(H,39,40)/t21-,23+,24+,25+,28+/m1/s1. The molecule has 5 atom stereocenters. The number of carbonyl (C=O) groups is 5. The first-order chi connectivity index (χ1) is 20.4. The number of nitrogens with one attached hydrogen (secondary N) is 4. The van der Waals surface area contributed by atoms with Crippen molar-refractivity contribution in [3.8, 4) is 0 Å². The molecule has 0 saturated heterocycles. The predicted molar refractivity (Wildman–Crippen MR) is 165 cm³/mol. The molecule has 12 nitrogen and oxygen atoms in total. The Hall–Kier alpha value is -2.73. The minimum Gasteiger partial charge on any atom is -0.481 e. The van der Waals surface area contributed by atoms with Crippen LogP contribution in [0.1, 0.15) is 111 Å². The van der Waals surface area contributed by atoms with E-state index in [9.17, 15) is 29.1 Å². The Morgan fingerprint density at radius 1 is 0.884 bits per heavy atom. The summed E-state index contributed by atoms with van der Waals surface area (Å²) in [5.74, 6) is -3.23. The summed E-state index contributed by atoms with van der Waals surface area (Å²) in [4.78, 5) is 62.6. The molecule has 0 radical (unpaired) electrons. The lowest BCUT2D eigenvalue weighted by molar-refractivity contribution is -0.139. The van der Waals surface area contributed by atoms with Gasteiger partial charge in [0.2, 0.25) is 23.6 Å². The van der Waals surface area contributed by atoms with Gasteiger partial charge in [0.15, 0.2) is 0 Å². The maximum absolute atomic E-state index is 13.6. The van der Waals surface area contributed by atoms with Crippen LogP contribution in [0, 0.1) is 17.8 Å². The molecule has 0 aromatic rings. The van der Waals surface area contributed by atoms with Crippen molar-refractivity contribution in [3.63, 3.8) is 0 Å². The topological polar surface area (TPSA) is 200 Å². The summed E-state index contributed by atoms with van der Waals surface area (Å²) in [6.45, 7) is 8.27. The second-order valence-electron chi connectivity index (χ2n) is 12.4. The van der Waals surface area contributed by atoms with Crippen LogP contribution in [0.4, 0.5) is 0 Å². The van der Waals surface area contributed by atoms with E-state index in [0.29, 0.717) is 31.8 Å². The Morgan fingerprint density at radius 3 is 2.14 bits per heavy atom. The number of aliphatic hydroxyl groups is 1. The predicted octanol–water partition coefficient (Wildman–Crippen LogP) is 1.97. The van der Waals surface area contributed by atoms with Crippen LogP contribution in [-0.2, 0) is 24.0 Å². The highest BCUT2D eigenvalue weighted by atomic mass is 16.4. The molecule has 0 unspecified atom stereocenters. The number of hydrogen-bond donors (Lipinski definition) is 7. The number of carbonyl (C=O) groups excluding carboxylic acids is 4. The third-order valence-electron chi connectivity index (χ3n) is 8.14. The highest BCUT2D eigenvalue weighted by molar-refractivity contribution is 5.92. The van der Waals surface area contributed by atoms with E-state index in [4.69, 9.17) is 10.8 Å². The van der Waals surface area contributed by atoms with Gasteiger partial charge in [-0.3, -0.25) is 24.0 Å². The van der Waals surface area contributed by atoms with Crippen molar-refractivity contribution in [2.24, 2.45) is 23.5 Å². The molecule has 248 valence electrons. The summed E-state index contributed by atoms with van der Waals surface area (Å²) >= 11 is 0. The Labute approximate surface area is 257 Å². The smallest absolute Gasteiger partial charge is 0.303 e. The molecule has 43 heavy (non-hydrogen) atoms. The zero-order chi connectivity index (χ0) is 32.4. The summed E-state index contributed by atoms with van der Waals surface area (Å²) in [5.41, 5.74) is 5.61. The van der Waals surface area contributed by atoms with Gasteiger partial charge in [0.1, 0.15) is 12.1 Å². The van der Waals surface area contributed by atoms with Crippen molar-refractivity contribution in [1.82, 2.24) is 21.3 Å². The van der Waals surface area contributed by atoms with Crippen LogP contribution in [-0.4, -0.2) is 77.1 Å². The molecular weight excluding hydrogens is 554 g/mol. The minimum atomic E-state index is -1.12. The third kappa shape index (κ3) is 15.5. The van der Waals surface area contributed by atoms with Gasteiger partial charge in [-0.1, -0.05) is 66.2 Å². The molecule has 8 N–H and O–H groups in total. The van der Waals surface area contributed by atoms with Crippen LogP contribution in [0.5, 0.6) is 0 Å². The monoisotopic (exact) mass is 611 g/mol. The number of nitrogens with two attached hydrogens (primary N) is 1. The minimum absolute atomic E-state index is 0.128. The molecule has 0 aromatic heterocycles. The van der Waals surface area contributed by atoms with Gasteiger partial charge in [0.05, 0.1) is 18.6 Å². The largest absolute Gasteiger partial charge is 0.481 e. The Balaban J connectivity index is 3.01. The molecule has 1 saturated carbocycles. The fraction of sp³-hybridized carbons (Fsp3) is 0.839. The molecule has 4 amide bonds. The van der Waals surface area contributed by atoms with Crippen molar-refractivity contribution in [1.29, 1.82) is 0 Å². The molecular formula is C31H57N5O7. The maximum atomic E-state index is 13.6. The number of carboxylic acids is 1. The molecule has 0 heterocycles. The summed E-state index contributed by atoms with van der Waals surface area (Å²) in [5, 5.41) is 31.4. The van der Waals surface area contributed by atoms with Crippen LogP contribution in [0.2, 0.25) is 0 Å². The molecule has 1 fully saturated rings. The van der Waals surface area contributed by atoms with Gasteiger partial charge < -0.3 is 37.2 Å². The molecule has 1 aliphatic carbocycles. The first-order valence-corrected chi connectivity index (χ1v) is 16.2. The van der Waals surface area contributed by atoms with E-state index < -0.39 is 53.8 Å². The van der Waals surface area contributed by atoms with Crippen LogP contribution >= 0.6 is 0 Å². The van der Waals surface area contributed by atoms with Crippen molar-refractivity contribution in [3.05, 3.63) is 0 Å². The van der Waals surface area contributed by atoms with Gasteiger partial charge in [-0.2, -0.15) is 0 Å². The maximum Gasteiger partial charge on any atom is 0.303 e. The average molecular weight is 612 g/mol. The van der Waals surface area contributed by atoms with Gasteiger partial charge in [-0.15, -0.1) is 0 Å². The number of aliphatic carboxylic acids is 1. The van der Waals surface area contributed by atoms with E-state index >= 15 is 0 Å². The number of amides is 4. The van der Waals surface area contributed by atoms with Crippen LogP contribution in [0.15, 0.2) is 0 Å². The number of aliphatic hydroxyl groups excluding tert-OH is 1.